The normalized spacial score (nSPS) is 10.0. The van der Waals surface area contributed by atoms with Crippen LogP contribution < -0.4 is 19.5 Å². The summed E-state index contributed by atoms with van der Waals surface area (Å²) in [7, 11) is 1.32. The number of benzene rings is 2. The predicted molar refractivity (Wildman–Crippen MR) is 91.4 cm³/mol. The molecule has 0 atom stereocenters. The maximum Gasteiger partial charge on any atom is 0.311 e. The van der Waals surface area contributed by atoms with Crippen LogP contribution in [-0.4, -0.2) is 31.2 Å². The molecule has 2 rings (SSSR count). The van der Waals surface area contributed by atoms with Gasteiger partial charge in [-0.1, -0.05) is 12.1 Å². The molecule has 8 nitrogen and oxygen atoms in total. The first kappa shape index (κ1) is 18.1. The predicted octanol–water partition coefficient (Wildman–Crippen LogP) is 3.02. The standard InChI is InChI=1S/C17H18N2O6/c1-3-24-15-7-5-4-6-13(15)18-17(20)11-25-12-8-9-14(19(21)22)16(10-12)23-2/h4-10H,3,11H2,1-2H3,(H,18,20). The van der Waals surface area contributed by atoms with Gasteiger partial charge in [-0.25, -0.2) is 0 Å². The molecule has 0 radical (unpaired) electrons. The summed E-state index contributed by atoms with van der Waals surface area (Å²) < 4.78 is 15.7. The van der Waals surface area contributed by atoms with E-state index in [0.717, 1.165) is 0 Å². The minimum Gasteiger partial charge on any atom is -0.492 e. The number of anilines is 1. The number of nitro groups is 1. The molecule has 0 aliphatic heterocycles. The first-order valence-corrected chi connectivity index (χ1v) is 7.52. The molecule has 1 N–H and O–H groups in total. The fourth-order valence-electron chi connectivity index (χ4n) is 2.09. The maximum atomic E-state index is 12.0. The van der Waals surface area contributed by atoms with Crippen LogP contribution in [0.25, 0.3) is 0 Å². The van der Waals surface area contributed by atoms with Crippen molar-refractivity contribution in [3.63, 3.8) is 0 Å². The van der Waals surface area contributed by atoms with Gasteiger partial charge >= 0.3 is 5.69 Å². The molecule has 0 aliphatic rings. The van der Waals surface area contributed by atoms with Crippen LogP contribution in [0.4, 0.5) is 11.4 Å². The molecule has 0 aliphatic carbocycles. The van der Waals surface area contributed by atoms with Gasteiger partial charge in [0.1, 0.15) is 11.5 Å². The van der Waals surface area contributed by atoms with Crippen LogP contribution in [0.1, 0.15) is 6.92 Å². The van der Waals surface area contributed by atoms with Crippen molar-refractivity contribution in [3.8, 4) is 17.2 Å². The second-order valence-electron chi connectivity index (χ2n) is 4.86. The Balaban J connectivity index is 2.00. The molecule has 2 aromatic carbocycles. The Hall–Kier alpha value is -3.29. The summed E-state index contributed by atoms with van der Waals surface area (Å²) in [5.74, 6) is 0.528. The van der Waals surface area contributed by atoms with Gasteiger partial charge in [0.15, 0.2) is 6.61 Å². The number of hydrogen-bond donors (Lipinski definition) is 1. The van der Waals surface area contributed by atoms with Crippen molar-refractivity contribution in [1.82, 2.24) is 0 Å². The zero-order valence-corrected chi connectivity index (χ0v) is 13.9. The number of rotatable bonds is 8. The summed E-state index contributed by atoms with van der Waals surface area (Å²) in [5, 5.41) is 13.6. The topological polar surface area (TPSA) is 99.9 Å². The lowest BCUT2D eigenvalue weighted by molar-refractivity contribution is -0.385. The van der Waals surface area contributed by atoms with Crippen molar-refractivity contribution < 1.29 is 23.9 Å². The van der Waals surface area contributed by atoms with Crippen LogP contribution in [-0.2, 0) is 4.79 Å². The van der Waals surface area contributed by atoms with Crippen molar-refractivity contribution >= 4 is 17.3 Å². The summed E-state index contributed by atoms with van der Waals surface area (Å²) in [6, 6.07) is 11.1. The number of nitro benzene ring substituents is 1. The Morgan fingerprint density at radius 3 is 2.60 bits per heavy atom. The van der Waals surface area contributed by atoms with Gasteiger partial charge in [0.2, 0.25) is 5.75 Å². The van der Waals surface area contributed by atoms with Crippen LogP contribution in [0, 0.1) is 10.1 Å². The van der Waals surface area contributed by atoms with Gasteiger partial charge in [0.25, 0.3) is 5.91 Å². The van der Waals surface area contributed by atoms with Crippen LogP contribution in [0.5, 0.6) is 17.2 Å². The number of nitrogens with zero attached hydrogens (tertiary/aromatic N) is 1. The number of carbonyl (C=O) groups excluding carboxylic acids is 1. The van der Waals surface area contributed by atoms with E-state index in [1.54, 1.807) is 24.3 Å². The number of methoxy groups -OCH3 is 1. The van der Waals surface area contributed by atoms with Gasteiger partial charge in [0, 0.05) is 12.1 Å². The summed E-state index contributed by atoms with van der Waals surface area (Å²) in [5.41, 5.74) is 0.365. The van der Waals surface area contributed by atoms with Gasteiger partial charge in [-0.2, -0.15) is 0 Å². The molecule has 0 saturated carbocycles. The molecule has 0 spiro atoms. The van der Waals surface area contributed by atoms with E-state index in [4.69, 9.17) is 14.2 Å². The lowest BCUT2D eigenvalue weighted by Crippen LogP contribution is -2.20. The summed E-state index contributed by atoms with van der Waals surface area (Å²) in [6.07, 6.45) is 0. The summed E-state index contributed by atoms with van der Waals surface area (Å²) in [4.78, 5) is 22.3. The minimum absolute atomic E-state index is 0.0598. The van der Waals surface area contributed by atoms with E-state index in [-0.39, 0.29) is 29.7 Å². The molecule has 25 heavy (non-hydrogen) atoms. The molecule has 0 heterocycles. The SMILES string of the molecule is CCOc1ccccc1NC(=O)COc1ccc([N+](=O)[O-])c(OC)c1. The highest BCUT2D eigenvalue weighted by molar-refractivity contribution is 5.93. The molecule has 132 valence electrons. The third kappa shape index (κ3) is 4.84. The lowest BCUT2D eigenvalue weighted by Gasteiger charge is -2.12. The lowest BCUT2D eigenvalue weighted by atomic mass is 10.3. The molecule has 0 fully saturated rings. The quantitative estimate of drug-likeness (QED) is 0.582. The van der Waals surface area contributed by atoms with Gasteiger partial charge in [-0.05, 0) is 25.1 Å². The van der Waals surface area contributed by atoms with Crippen LogP contribution in [0.2, 0.25) is 0 Å². The van der Waals surface area contributed by atoms with E-state index in [0.29, 0.717) is 18.0 Å². The Labute approximate surface area is 144 Å². The highest BCUT2D eigenvalue weighted by Gasteiger charge is 2.16. The third-order valence-corrected chi connectivity index (χ3v) is 3.18. The Kier molecular flexibility index (Phi) is 6.16. The molecule has 8 heteroatoms. The number of nitrogens with one attached hydrogen (secondary N) is 1. The van der Waals surface area contributed by atoms with E-state index in [1.807, 2.05) is 6.92 Å². The highest BCUT2D eigenvalue weighted by Crippen LogP contribution is 2.30. The van der Waals surface area contributed by atoms with Crippen LogP contribution >= 0.6 is 0 Å². The van der Waals surface area contributed by atoms with Crippen LogP contribution in [0.3, 0.4) is 0 Å². The van der Waals surface area contributed by atoms with Crippen molar-refractivity contribution in [2.75, 3.05) is 25.6 Å². The molecule has 0 aromatic heterocycles. The van der Waals surface area contributed by atoms with E-state index < -0.39 is 4.92 Å². The largest absolute Gasteiger partial charge is 0.492 e. The molecule has 1 amide bonds. The first-order valence-electron chi connectivity index (χ1n) is 7.52. The molecule has 2 aromatic rings. The van der Waals surface area contributed by atoms with Crippen molar-refractivity contribution in [2.24, 2.45) is 0 Å². The summed E-state index contributed by atoms with van der Waals surface area (Å²) in [6.45, 7) is 2.07. The third-order valence-electron chi connectivity index (χ3n) is 3.18. The minimum atomic E-state index is -0.556. The number of para-hydroxylation sites is 2. The second-order valence-corrected chi connectivity index (χ2v) is 4.86. The zero-order chi connectivity index (χ0) is 18.2. The molecule has 0 bridgehead atoms. The highest BCUT2D eigenvalue weighted by atomic mass is 16.6. The smallest absolute Gasteiger partial charge is 0.311 e. The number of carbonyl (C=O) groups is 1. The summed E-state index contributed by atoms with van der Waals surface area (Å²) >= 11 is 0. The van der Waals surface area contributed by atoms with Crippen molar-refractivity contribution in [3.05, 3.63) is 52.6 Å². The van der Waals surface area contributed by atoms with E-state index in [9.17, 15) is 14.9 Å². The monoisotopic (exact) mass is 346 g/mol. The number of amides is 1. The van der Waals surface area contributed by atoms with Gasteiger partial charge in [-0.15, -0.1) is 0 Å². The average molecular weight is 346 g/mol. The van der Waals surface area contributed by atoms with E-state index in [2.05, 4.69) is 5.32 Å². The van der Waals surface area contributed by atoms with Crippen molar-refractivity contribution in [2.45, 2.75) is 6.92 Å². The molecular formula is C17H18N2O6. The fraction of sp³-hybridized carbons (Fsp3) is 0.235. The average Bonchev–Trinajstić information content (AvgIpc) is 2.61. The van der Waals surface area contributed by atoms with Gasteiger partial charge in [0.05, 0.1) is 24.3 Å². The second kappa shape index (κ2) is 8.53. The van der Waals surface area contributed by atoms with Gasteiger partial charge in [-0.3, -0.25) is 14.9 Å². The Bertz CT molecular complexity index is 763. The van der Waals surface area contributed by atoms with Gasteiger partial charge < -0.3 is 19.5 Å². The Morgan fingerprint density at radius 1 is 1.16 bits per heavy atom. The van der Waals surface area contributed by atoms with Crippen LogP contribution in [0.15, 0.2) is 42.5 Å². The zero-order valence-electron chi connectivity index (χ0n) is 13.9. The van der Waals surface area contributed by atoms with E-state index >= 15 is 0 Å². The Morgan fingerprint density at radius 2 is 1.92 bits per heavy atom. The molecule has 0 unspecified atom stereocenters. The van der Waals surface area contributed by atoms with E-state index in [1.165, 1.54) is 25.3 Å². The fourth-order valence-corrected chi connectivity index (χ4v) is 2.09. The number of ether oxygens (including phenoxy) is 3. The maximum absolute atomic E-state index is 12.0. The molecular weight excluding hydrogens is 328 g/mol. The van der Waals surface area contributed by atoms with Crippen molar-refractivity contribution in [1.29, 1.82) is 0 Å². The number of hydrogen-bond acceptors (Lipinski definition) is 6. The first-order chi connectivity index (χ1) is 12.0. The molecule has 0 saturated heterocycles.